The molecule has 0 aliphatic rings. The summed E-state index contributed by atoms with van der Waals surface area (Å²) in [6.07, 6.45) is 0.764. The molecule has 116 valence electrons. The van der Waals surface area contributed by atoms with Gasteiger partial charge in [0, 0.05) is 10.5 Å². The molecule has 0 amide bonds. The third-order valence-corrected chi connectivity index (χ3v) is 3.52. The normalized spacial score (nSPS) is 11.4. The van der Waals surface area contributed by atoms with Crippen LogP contribution in [0.4, 0.5) is 13.2 Å². The molecule has 22 heavy (non-hydrogen) atoms. The predicted octanol–water partition coefficient (Wildman–Crippen LogP) is 4.83. The molecule has 0 atom stereocenters. The van der Waals surface area contributed by atoms with Crippen molar-refractivity contribution in [2.24, 2.45) is 0 Å². The average molecular weight is 326 g/mol. The minimum Gasteiger partial charge on any atom is -0.372 e. The Kier molecular flexibility index (Phi) is 5.63. The largest absolute Gasteiger partial charge is 0.446 e. The van der Waals surface area contributed by atoms with Crippen molar-refractivity contribution < 1.29 is 22.7 Å². The van der Waals surface area contributed by atoms with E-state index in [0.29, 0.717) is 18.8 Å². The first-order chi connectivity index (χ1) is 10.5. The maximum Gasteiger partial charge on any atom is 0.446 e. The number of aldehydes is 1. The topological polar surface area (TPSA) is 26.3 Å². The van der Waals surface area contributed by atoms with Crippen LogP contribution in [0.5, 0.6) is 0 Å². The summed E-state index contributed by atoms with van der Waals surface area (Å²) in [5.41, 5.74) is -2.04. The van der Waals surface area contributed by atoms with Gasteiger partial charge in [0.1, 0.15) is 6.29 Å². The summed E-state index contributed by atoms with van der Waals surface area (Å²) in [6.45, 7) is 0.628. The lowest BCUT2D eigenvalue weighted by Gasteiger charge is -2.08. The summed E-state index contributed by atoms with van der Waals surface area (Å²) in [4.78, 5) is 10.8. The van der Waals surface area contributed by atoms with Crippen LogP contribution in [0.25, 0.3) is 0 Å². The quantitative estimate of drug-likeness (QED) is 0.562. The first kappa shape index (κ1) is 16.6. The molecule has 6 heteroatoms. The maximum absolute atomic E-state index is 12.2. The Hall–Kier alpha value is -1.79. The van der Waals surface area contributed by atoms with Crippen molar-refractivity contribution in [1.29, 1.82) is 0 Å². The van der Waals surface area contributed by atoms with Gasteiger partial charge in [-0.15, -0.1) is 0 Å². The van der Waals surface area contributed by atoms with Crippen molar-refractivity contribution in [3.05, 3.63) is 65.2 Å². The first-order valence-electron chi connectivity index (χ1n) is 6.43. The fourth-order valence-corrected chi connectivity index (χ4v) is 2.37. The van der Waals surface area contributed by atoms with Crippen LogP contribution in [0.2, 0.25) is 0 Å². The summed E-state index contributed by atoms with van der Waals surface area (Å²) >= 11 is -0.140. The number of alkyl halides is 3. The first-order valence-corrected chi connectivity index (χ1v) is 7.24. The van der Waals surface area contributed by atoms with Crippen LogP contribution in [0.3, 0.4) is 0 Å². The Balaban J connectivity index is 1.85. The molecule has 0 radical (unpaired) electrons. The number of ether oxygens (including phenoxy) is 1. The van der Waals surface area contributed by atoms with Crippen LogP contribution in [0.1, 0.15) is 21.5 Å². The third-order valence-electron chi connectivity index (χ3n) is 2.78. The second kappa shape index (κ2) is 7.47. The number of halogens is 3. The fourth-order valence-electron chi connectivity index (χ4n) is 1.83. The summed E-state index contributed by atoms with van der Waals surface area (Å²) in [6, 6.07) is 13.1. The van der Waals surface area contributed by atoms with E-state index in [0.717, 1.165) is 17.4 Å². The molecule has 2 aromatic carbocycles. The SMILES string of the molecule is O=Cc1cccc(COCc2ccc(SC(F)(F)F)cc2)c1. The molecule has 0 aliphatic heterocycles. The van der Waals surface area contributed by atoms with E-state index in [1.165, 1.54) is 12.1 Å². The number of hydrogen-bond donors (Lipinski definition) is 0. The van der Waals surface area contributed by atoms with Crippen LogP contribution in [0, 0.1) is 0 Å². The van der Waals surface area contributed by atoms with Gasteiger partial charge in [-0.1, -0.05) is 30.3 Å². The predicted molar refractivity (Wildman–Crippen MR) is 78.7 cm³/mol. The van der Waals surface area contributed by atoms with E-state index >= 15 is 0 Å². The molecule has 2 nitrogen and oxygen atoms in total. The molecule has 2 aromatic rings. The van der Waals surface area contributed by atoms with Crippen molar-refractivity contribution in [2.75, 3.05) is 0 Å². The molecule has 0 saturated carbocycles. The molecule has 0 bridgehead atoms. The minimum atomic E-state index is -4.28. The zero-order valence-electron chi connectivity index (χ0n) is 11.5. The molecule has 0 aliphatic carbocycles. The molecule has 0 spiro atoms. The molecule has 0 heterocycles. The van der Waals surface area contributed by atoms with Gasteiger partial charge in [0.15, 0.2) is 0 Å². The number of hydrogen-bond acceptors (Lipinski definition) is 3. The van der Waals surface area contributed by atoms with Crippen LogP contribution >= 0.6 is 11.8 Å². The molecule has 0 N–H and O–H groups in total. The Bertz CT molecular complexity index is 624. The van der Waals surface area contributed by atoms with Crippen molar-refractivity contribution in [3.8, 4) is 0 Å². The highest BCUT2D eigenvalue weighted by atomic mass is 32.2. The van der Waals surface area contributed by atoms with Gasteiger partial charge in [-0.05, 0) is 41.1 Å². The Morgan fingerprint density at radius 1 is 1.00 bits per heavy atom. The van der Waals surface area contributed by atoms with Gasteiger partial charge in [-0.25, -0.2) is 0 Å². The van der Waals surface area contributed by atoms with Crippen LogP contribution in [0.15, 0.2) is 53.4 Å². The van der Waals surface area contributed by atoms with Gasteiger partial charge in [-0.3, -0.25) is 4.79 Å². The highest BCUT2D eigenvalue weighted by Crippen LogP contribution is 2.36. The van der Waals surface area contributed by atoms with Gasteiger partial charge in [0.05, 0.1) is 13.2 Å². The molecular formula is C16H13F3O2S. The summed E-state index contributed by atoms with van der Waals surface area (Å²) in [5, 5.41) is 0. The van der Waals surface area contributed by atoms with Crippen molar-refractivity contribution >= 4 is 18.0 Å². The highest BCUT2D eigenvalue weighted by Gasteiger charge is 2.28. The second-order valence-corrected chi connectivity index (χ2v) is 5.69. The zero-order valence-corrected chi connectivity index (χ0v) is 12.3. The molecule has 0 fully saturated rings. The summed E-state index contributed by atoms with van der Waals surface area (Å²) < 4.78 is 42.1. The van der Waals surface area contributed by atoms with Gasteiger partial charge in [0.25, 0.3) is 0 Å². The van der Waals surface area contributed by atoms with Gasteiger partial charge < -0.3 is 4.74 Å². The van der Waals surface area contributed by atoms with Crippen LogP contribution in [-0.2, 0) is 18.0 Å². The van der Waals surface area contributed by atoms with Crippen molar-refractivity contribution in [3.63, 3.8) is 0 Å². The highest BCUT2D eigenvalue weighted by molar-refractivity contribution is 8.00. The van der Waals surface area contributed by atoms with Crippen molar-refractivity contribution in [2.45, 2.75) is 23.6 Å². The minimum absolute atomic E-state index is 0.140. The summed E-state index contributed by atoms with van der Waals surface area (Å²) in [5.74, 6) is 0. The molecule has 0 unspecified atom stereocenters. The standard InChI is InChI=1S/C16H13F3O2S/c17-16(18,19)22-15-6-4-12(5-7-15)10-21-11-14-3-1-2-13(8-14)9-20/h1-9H,10-11H2. The van der Waals surface area contributed by atoms with Crippen molar-refractivity contribution in [1.82, 2.24) is 0 Å². The van der Waals surface area contributed by atoms with Gasteiger partial charge >= 0.3 is 5.51 Å². The molecule has 0 aromatic heterocycles. The third kappa shape index (κ3) is 5.54. The Labute approximate surface area is 130 Å². The van der Waals surface area contributed by atoms with E-state index in [2.05, 4.69) is 0 Å². The van der Waals surface area contributed by atoms with E-state index < -0.39 is 5.51 Å². The zero-order chi connectivity index (χ0) is 16.0. The Morgan fingerprint density at radius 2 is 1.68 bits per heavy atom. The number of thioether (sulfide) groups is 1. The average Bonchev–Trinajstić information content (AvgIpc) is 2.48. The van der Waals surface area contributed by atoms with E-state index in [1.807, 2.05) is 6.07 Å². The molecule has 2 rings (SSSR count). The number of carbonyl (C=O) groups is 1. The molecular weight excluding hydrogens is 313 g/mol. The van der Waals surface area contributed by atoms with Crippen LogP contribution < -0.4 is 0 Å². The number of rotatable bonds is 6. The van der Waals surface area contributed by atoms with Crippen LogP contribution in [-0.4, -0.2) is 11.8 Å². The second-order valence-electron chi connectivity index (χ2n) is 4.55. The smallest absolute Gasteiger partial charge is 0.372 e. The summed E-state index contributed by atoms with van der Waals surface area (Å²) in [7, 11) is 0. The molecule has 0 saturated heterocycles. The number of carbonyl (C=O) groups excluding carboxylic acids is 1. The van der Waals surface area contributed by atoms with E-state index in [1.54, 1.807) is 30.3 Å². The fraction of sp³-hybridized carbons (Fsp3) is 0.188. The monoisotopic (exact) mass is 326 g/mol. The lowest BCUT2D eigenvalue weighted by molar-refractivity contribution is -0.0328. The van der Waals surface area contributed by atoms with Gasteiger partial charge in [-0.2, -0.15) is 13.2 Å². The maximum atomic E-state index is 12.2. The van der Waals surface area contributed by atoms with E-state index in [-0.39, 0.29) is 16.7 Å². The van der Waals surface area contributed by atoms with E-state index in [9.17, 15) is 18.0 Å². The van der Waals surface area contributed by atoms with E-state index in [4.69, 9.17) is 4.74 Å². The Morgan fingerprint density at radius 3 is 2.32 bits per heavy atom. The van der Waals surface area contributed by atoms with Gasteiger partial charge in [0.2, 0.25) is 0 Å². The lowest BCUT2D eigenvalue weighted by atomic mass is 10.1. The lowest BCUT2D eigenvalue weighted by Crippen LogP contribution is -1.99. The number of benzene rings is 2.